The van der Waals surface area contributed by atoms with Gasteiger partial charge in [-0.3, -0.25) is 14.4 Å². The van der Waals surface area contributed by atoms with Gasteiger partial charge in [-0.2, -0.15) is 0 Å². The van der Waals surface area contributed by atoms with E-state index in [2.05, 4.69) is 34.0 Å². The lowest BCUT2D eigenvalue weighted by atomic mass is 9.90. The van der Waals surface area contributed by atoms with E-state index in [4.69, 9.17) is 0 Å². The van der Waals surface area contributed by atoms with Gasteiger partial charge in [0.1, 0.15) is 0 Å². The van der Waals surface area contributed by atoms with E-state index in [1.54, 1.807) is 6.07 Å². The second-order valence-corrected chi connectivity index (χ2v) is 8.15. The molecule has 2 aromatic carbocycles. The first-order valence-corrected chi connectivity index (χ1v) is 10.3. The number of Topliss-reactive ketones (excluding diaryl/α,β-unsaturated/α-hetero) is 2. The summed E-state index contributed by atoms with van der Waals surface area (Å²) in [7, 11) is 0. The van der Waals surface area contributed by atoms with Gasteiger partial charge in [0, 0.05) is 40.1 Å². The summed E-state index contributed by atoms with van der Waals surface area (Å²) in [6, 6.07) is 11.6. The van der Waals surface area contributed by atoms with Crippen LogP contribution in [0.2, 0.25) is 0 Å². The molecule has 0 atom stereocenters. The molecule has 0 heterocycles. The molecule has 0 fully saturated rings. The molecule has 0 radical (unpaired) electrons. The Labute approximate surface area is 180 Å². The van der Waals surface area contributed by atoms with Gasteiger partial charge in [-0.15, -0.1) is 0 Å². The average Bonchev–Trinajstić information content (AvgIpc) is 2.62. The fourth-order valence-electron chi connectivity index (χ4n) is 3.54. The molecule has 0 bridgehead atoms. The maximum absolute atomic E-state index is 11.5. The average molecular weight is 491 g/mol. The summed E-state index contributed by atoms with van der Waals surface area (Å²) >= 11 is 2.28. The van der Waals surface area contributed by atoms with Gasteiger partial charge in [-0.25, -0.2) is 0 Å². The minimum Gasteiger partial charge on any atom is -0.326 e. The molecule has 1 amide bonds. The van der Waals surface area contributed by atoms with Crippen LogP contribution in [0, 0.1) is 3.57 Å². The van der Waals surface area contributed by atoms with Crippen LogP contribution in [0.5, 0.6) is 0 Å². The van der Waals surface area contributed by atoms with Gasteiger partial charge in [0.05, 0.1) is 0 Å². The van der Waals surface area contributed by atoms with Crippen LogP contribution in [0.1, 0.15) is 71.9 Å². The van der Waals surface area contributed by atoms with Gasteiger partial charge < -0.3 is 5.32 Å². The van der Waals surface area contributed by atoms with Crippen molar-refractivity contribution in [1.29, 1.82) is 0 Å². The van der Waals surface area contributed by atoms with Crippen molar-refractivity contribution >= 4 is 45.8 Å². The molecule has 0 aliphatic heterocycles. The molecule has 4 nitrogen and oxygen atoms in total. The lowest BCUT2D eigenvalue weighted by Gasteiger charge is -2.15. The fourth-order valence-corrected chi connectivity index (χ4v) is 4.10. The number of benzene rings is 2. The number of aryl methyl sites for hydroxylation is 2. The highest BCUT2D eigenvalue weighted by Gasteiger charge is 2.17. The van der Waals surface area contributed by atoms with Gasteiger partial charge >= 0.3 is 0 Å². The van der Waals surface area contributed by atoms with Gasteiger partial charge in [0.25, 0.3) is 0 Å². The van der Waals surface area contributed by atoms with E-state index in [0.29, 0.717) is 12.2 Å². The third kappa shape index (κ3) is 5.50. The van der Waals surface area contributed by atoms with E-state index >= 15 is 0 Å². The molecule has 148 valence electrons. The maximum atomic E-state index is 11.5. The van der Waals surface area contributed by atoms with Crippen LogP contribution < -0.4 is 5.32 Å². The minimum absolute atomic E-state index is 0. The molecule has 0 aromatic heterocycles. The number of halogens is 1. The Morgan fingerprint density at radius 2 is 1.39 bits per heavy atom. The van der Waals surface area contributed by atoms with E-state index in [1.165, 1.54) is 16.1 Å². The lowest BCUT2D eigenvalue weighted by Crippen LogP contribution is -2.12. The Morgan fingerprint density at radius 1 is 0.857 bits per heavy atom. The van der Waals surface area contributed by atoms with E-state index in [9.17, 15) is 14.4 Å². The summed E-state index contributed by atoms with van der Waals surface area (Å²) in [5.74, 6) is 0.440. The zero-order valence-corrected chi connectivity index (χ0v) is 17.5. The van der Waals surface area contributed by atoms with E-state index in [1.807, 2.05) is 24.3 Å². The van der Waals surface area contributed by atoms with Crippen LogP contribution in [0.4, 0.5) is 5.69 Å². The molecule has 0 unspecified atom stereocenters. The zero-order chi connectivity index (χ0) is 19.4. The van der Waals surface area contributed by atoms with Crippen LogP contribution >= 0.6 is 22.6 Å². The number of amides is 1. The predicted molar refractivity (Wildman–Crippen MR) is 121 cm³/mol. The Morgan fingerprint density at radius 3 is 1.96 bits per heavy atom. The largest absolute Gasteiger partial charge is 0.326 e. The van der Waals surface area contributed by atoms with Crippen molar-refractivity contribution in [2.24, 2.45) is 0 Å². The highest BCUT2D eigenvalue weighted by Crippen LogP contribution is 2.24. The van der Waals surface area contributed by atoms with Crippen molar-refractivity contribution in [1.82, 2.24) is 0 Å². The van der Waals surface area contributed by atoms with Crippen molar-refractivity contribution < 1.29 is 14.4 Å². The molecule has 2 aromatic rings. The molecular formula is C23H26INO3. The minimum atomic E-state index is -0.0860. The molecule has 4 rings (SSSR count). The number of nitrogens with one attached hydrogen (secondary N) is 1. The van der Waals surface area contributed by atoms with Gasteiger partial charge in [0.15, 0.2) is 11.6 Å². The first-order chi connectivity index (χ1) is 12.9. The summed E-state index contributed by atoms with van der Waals surface area (Å²) in [5.41, 5.74) is 4.82. The topological polar surface area (TPSA) is 63.2 Å². The number of hydrogen-bond acceptors (Lipinski definition) is 3. The van der Waals surface area contributed by atoms with Crippen LogP contribution in [0.25, 0.3) is 0 Å². The van der Waals surface area contributed by atoms with E-state index < -0.39 is 0 Å². The highest BCUT2D eigenvalue weighted by atomic mass is 127. The Bertz CT molecular complexity index is 905. The number of anilines is 1. The molecule has 0 saturated heterocycles. The Hall–Kier alpha value is -2.02. The van der Waals surface area contributed by atoms with Gasteiger partial charge in [0.2, 0.25) is 5.91 Å². The van der Waals surface area contributed by atoms with Gasteiger partial charge in [-0.1, -0.05) is 13.5 Å². The second-order valence-electron chi connectivity index (χ2n) is 6.91. The molecule has 28 heavy (non-hydrogen) atoms. The SMILES string of the molecule is C.CC(=O)Nc1ccc2c(c1)CCCC2=O.O=C1CCCc2cc(I)ccc21. The quantitative estimate of drug-likeness (QED) is 0.528. The smallest absolute Gasteiger partial charge is 0.221 e. The van der Waals surface area contributed by atoms with Crippen LogP contribution in [0.3, 0.4) is 0 Å². The van der Waals surface area contributed by atoms with Crippen LogP contribution in [-0.4, -0.2) is 17.5 Å². The van der Waals surface area contributed by atoms with Crippen LogP contribution in [0.15, 0.2) is 36.4 Å². The molecule has 1 N–H and O–H groups in total. The Balaban J connectivity index is 0.000000198. The first kappa shape index (κ1) is 22.3. The molecule has 0 spiro atoms. The van der Waals surface area contributed by atoms with E-state index in [-0.39, 0.29) is 19.1 Å². The molecule has 0 saturated carbocycles. The first-order valence-electron chi connectivity index (χ1n) is 9.19. The standard InChI is InChI=1S/C12H13NO2.C10H9IO.CH4/c1-8(14)13-10-5-6-11-9(7-10)3-2-4-12(11)15;11-8-4-5-9-7(6-8)2-1-3-10(9)12;/h5-7H,2-4H2,1H3,(H,13,14);4-6H,1-3H2;1H4. The van der Waals surface area contributed by atoms with Crippen molar-refractivity contribution in [3.63, 3.8) is 0 Å². The third-order valence-electron chi connectivity index (χ3n) is 4.79. The van der Waals surface area contributed by atoms with Crippen molar-refractivity contribution in [3.8, 4) is 0 Å². The van der Waals surface area contributed by atoms with Crippen molar-refractivity contribution in [2.75, 3.05) is 5.32 Å². The van der Waals surface area contributed by atoms with Crippen LogP contribution in [-0.2, 0) is 17.6 Å². The Kier molecular flexibility index (Phi) is 7.92. The van der Waals surface area contributed by atoms with Gasteiger partial charge in [-0.05, 0) is 89.7 Å². The lowest BCUT2D eigenvalue weighted by molar-refractivity contribution is -0.114. The molecule has 5 heteroatoms. The number of hydrogen-bond donors (Lipinski definition) is 1. The highest BCUT2D eigenvalue weighted by molar-refractivity contribution is 14.1. The van der Waals surface area contributed by atoms with E-state index in [0.717, 1.165) is 54.5 Å². The predicted octanol–water partition coefficient (Wildman–Crippen LogP) is 5.61. The molecule has 2 aliphatic carbocycles. The number of ketones is 2. The number of carbonyl (C=O) groups excluding carboxylic acids is 3. The molecule has 2 aliphatic rings. The fraction of sp³-hybridized carbons (Fsp3) is 0.348. The third-order valence-corrected chi connectivity index (χ3v) is 5.46. The number of rotatable bonds is 1. The summed E-state index contributed by atoms with van der Waals surface area (Å²) in [6.45, 7) is 1.48. The molecular weight excluding hydrogens is 465 g/mol. The van der Waals surface area contributed by atoms with Crippen molar-refractivity contribution in [3.05, 3.63) is 62.2 Å². The number of carbonyl (C=O) groups is 3. The normalized spacial score (nSPS) is 14.6. The summed E-state index contributed by atoms with van der Waals surface area (Å²) < 4.78 is 1.22. The van der Waals surface area contributed by atoms with Crippen molar-refractivity contribution in [2.45, 2.75) is 52.9 Å². The second kappa shape index (κ2) is 9.96. The monoisotopic (exact) mass is 491 g/mol. The number of fused-ring (bicyclic) bond motifs is 2. The summed E-state index contributed by atoms with van der Waals surface area (Å²) in [6.07, 6.45) is 5.30. The zero-order valence-electron chi connectivity index (χ0n) is 15.3. The summed E-state index contributed by atoms with van der Waals surface area (Å²) in [4.78, 5) is 33.8. The maximum Gasteiger partial charge on any atom is 0.221 e. The summed E-state index contributed by atoms with van der Waals surface area (Å²) in [5, 5.41) is 2.72.